The molecule has 41 heavy (non-hydrogen) atoms. The number of carboxylic acids is 1. The Morgan fingerprint density at radius 1 is 0.854 bits per heavy atom. The maximum absolute atomic E-state index is 13.2. The molecular weight excluding hydrogens is 527 g/mol. The molecule has 4 rings (SSSR count). The smallest absolute Gasteiger partial charge is 0.449 e. The van der Waals surface area contributed by atoms with Crippen LogP contribution in [0.25, 0.3) is 11.1 Å². The maximum atomic E-state index is 13.2. The van der Waals surface area contributed by atoms with Crippen molar-refractivity contribution in [2.75, 3.05) is 0 Å². The summed E-state index contributed by atoms with van der Waals surface area (Å²) in [5, 5.41) is 9.80. The van der Waals surface area contributed by atoms with E-state index in [4.69, 9.17) is 4.42 Å². The first kappa shape index (κ1) is 30.1. The lowest BCUT2D eigenvalue weighted by molar-refractivity contribution is -0.153. The van der Waals surface area contributed by atoms with Crippen LogP contribution < -0.4 is 0 Å². The highest BCUT2D eigenvalue weighted by molar-refractivity contribution is 5.81. The molecule has 0 aliphatic heterocycles. The highest BCUT2D eigenvalue weighted by Crippen LogP contribution is 2.33. The van der Waals surface area contributed by atoms with E-state index in [1.807, 2.05) is 62.4 Å². The van der Waals surface area contributed by atoms with Gasteiger partial charge < -0.3 is 9.52 Å². The lowest BCUT2D eigenvalue weighted by Crippen LogP contribution is -2.31. The fraction of sp³-hybridized carbons (Fsp3) is 0.324. The first-order chi connectivity index (χ1) is 19.3. The molecule has 216 valence electrons. The number of alkyl halides is 3. The number of hydrogen-bond donors (Lipinski definition) is 1. The number of carbonyl (C=O) groups is 1. The Hall–Kier alpha value is -3.84. The van der Waals surface area contributed by atoms with Crippen molar-refractivity contribution >= 4 is 5.97 Å². The van der Waals surface area contributed by atoms with Gasteiger partial charge in [-0.05, 0) is 85.2 Å². The molecule has 3 aromatic carbocycles. The van der Waals surface area contributed by atoms with Crippen LogP contribution in [0.3, 0.4) is 0 Å². The van der Waals surface area contributed by atoms with E-state index in [0.29, 0.717) is 19.5 Å². The van der Waals surface area contributed by atoms with Gasteiger partial charge in [-0.25, -0.2) is 0 Å². The summed E-state index contributed by atoms with van der Waals surface area (Å²) in [7, 11) is 0. The second-order valence-corrected chi connectivity index (χ2v) is 11.1. The summed E-state index contributed by atoms with van der Waals surface area (Å²) < 4.78 is 44.7. The minimum absolute atomic E-state index is 0.220. The quantitative estimate of drug-likeness (QED) is 0.209. The van der Waals surface area contributed by atoms with E-state index in [1.165, 1.54) is 11.6 Å². The molecule has 7 heteroatoms. The molecule has 0 amide bonds. The van der Waals surface area contributed by atoms with Crippen molar-refractivity contribution in [3.8, 4) is 11.1 Å². The Morgan fingerprint density at radius 2 is 1.51 bits per heavy atom. The molecule has 1 unspecified atom stereocenters. The van der Waals surface area contributed by atoms with Gasteiger partial charge in [0.05, 0.1) is 12.0 Å². The van der Waals surface area contributed by atoms with Crippen molar-refractivity contribution in [2.24, 2.45) is 0 Å². The summed E-state index contributed by atoms with van der Waals surface area (Å²) in [6.45, 7) is 11.0. The molecule has 0 saturated heterocycles. The molecule has 0 spiro atoms. The van der Waals surface area contributed by atoms with Gasteiger partial charge in [0, 0.05) is 13.1 Å². The van der Waals surface area contributed by atoms with E-state index in [-0.39, 0.29) is 12.3 Å². The molecule has 1 aromatic heterocycles. The molecule has 0 aliphatic rings. The summed E-state index contributed by atoms with van der Waals surface area (Å²) in [5.74, 6) is -1.60. The van der Waals surface area contributed by atoms with E-state index in [0.717, 1.165) is 45.0 Å². The van der Waals surface area contributed by atoms with Gasteiger partial charge >= 0.3 is 12.1 Å². The van der Waals surface area contributed by atoms with E-state index in [2.05, 4.69) is 30.9 Å². The van der Waals surface area contributed by atoms with Crippen LogP contribution in [0.2, 0.25) is 0 Å². The van der Waals surface area contributed by atoms with Gasteiger partial charge in [-0.1, -0.05) is 73.2 Å². The van der Waals surface area contributed by atoms with Crippen LogP contribution in [0.1, 0.15) is 65.2 Å². The minimum atomic E-state index is -4.53. The number of aryl methyl sites for hydroxylation is 3. The molecule has 0 aliphatic carbocycles. The van der Waals surface area contributed by atoms with Crippen LogP contribution >= 0.6 is 0 Å². The van der Waals surface area contributed by atoms with E-state index >= 15 is 0 Å². The van der Waals surface area contributed by atoms with Gasteiger partial charge in [0.1, 0.15) is 5.76 Å². The lowest BCUT2D eigenvalue weighted by atomic mass is 9.79. The van der Waals surface area contributed by atoms with Crippen molar-refractivity contribution in [3.05, 3.63) is 118 Å². The number of halogens is 3. The average molecular weight is 564 g/mol. The number of carboxylic acid groups (broad SMARTS) is 1. The predicted molar refractivity (Wildman–Crippen MR) is 154 cm³/mol. The van der Waals surface area contributed by atoms with Crippen molar-refractivity contribution in [3.63, 3.8) is 0 Å². The van der Waals surface area contributed by atoms with Crippen molar-refractivity contribution < 1.29 is 27.5 Å². The SMILES string of the molecule is CCC(C)(C(=O)O)c1cccc(-c2ccc(CN(Cc3ccc(C(F)(F)F)o3)Cc3c(C)cc(C)cc3C)cc2)c1. The number of aliphatic carboxylic acids is 1. The Labute approximate surface area is 239 Å². The van der Waals surface area contributed by atoms with E-state index < -0.39 is 23.3 Å². The second kappa shape index (κ2) is 12.0. The van der Waals surface area contributed by atoms with Gasteiger partial charge in [-0.3, -0.25) is 9.69 Å². The monoisotopic (exact) mass is 563 g/mol. The van der Waals surface area contributed by atoms with Gasteiger partial charge in [0.2, 0.25) is 5.76 Å². The summed E-state index contributed by atoms with van der Waals surface area (Å²) >= 11 is 0. The molecule has 4 nitrogen and oxygen atoms in total. The van der Waals surface area contributed by atoms with Gasteiger partial charge in [0.25, 0.3) is 0 Å². The largest absolute Gasteiger partial charge is 0.481 e. The fourth-order valence-electron chi connectivity index (χ4n) is 5.27. The number of furan rings is 1. The van der Waals surface area contributed by atoms with Crippen LogP contribution in [0.15, 0.2) is 77.2 Å². The summed E-state index contributed by atoms with van der Waals surface area (Å²) in [6.07, 6.45) is -4.06. The van der Waals surface area contributed by atoms with Crippen molar-refractivity contribution in [2.45, 2.75) is 72.3 Å². The number of hydrogen-bond acceptors (Lipinski definition) is 3. The first-order valence-corrected chi connectivity index (χ1v) is 13.7. The predicted octanol–water partition coefficient (Wildman–Crippen LogP) is 8.85. The van der Waals surface area contributed by atoms with E-state index in [1.54, 1.807) is 6.92 Å². The Balaban J connectivity index is 1.60. The zero-order valence-corrected chi connectivity index (χ0v) is 24.1. The van der Waals surface area contributed by atoms with Crippen LogP contribution in [0.4, 0.5) is 13.2 Å². The Kier molecular flexibility index (Phi) is 8.78. The third-order valence-corrected chi connectivity index (χ3v) is 7.91. The van der Waals surface area contributed by atoms with E-state index in [9.17, 15) is 23.1 Å². The molecular formula is C34H36F3NO3. The number of rotatable bonds is 10. The molecule has 4 aromatic rings. The lowest BCUT2D eigenvalue weighted by Gasteiger charge is -2.25. The standard InChI is InChI=1S/C34H36F3NO3/c1-6-33(5,32(39)40)28-9-7-8-27(18-28)26-12-10-25(11-13-26)19-38(20-29-14-15-31(41-29)34(35,36)37)21-30-23(3)16-22(2)17-24(30)4/h7-18H,6,19-21H2,1-5H3,(H,39,40). The zero-order valence-electron chi connectivity index (χ0n) is 24.1. The first-order valence-electron chi connectivity index (χ1n) is 13.7. The molecule has 1 N–H and O–H groups in total. The normalized spacial score (nSPS) is 13.4. The van der Waals surface area contributed by atoms with Crippen LogP contribution in [-0.4, -0.2) is 16.0 Å². The summed E-state index contributed by atoms with van der Waals surface area (Å²) in [6, 6.07) is 22.2. The van der Waals surface area contributed by atoms with Gasteiger partial charge in [-0.2, -0.15) is 13.2 Å². The second-order valence-electron chi connectivity index (χ2n) is 11.1. The average Bonchev–Trinajstić information content (AvgIpc) is 3.40. The van der Waals surface area contributed by atoms with Gasteiger partial charge in [-0.15, -0.1) is 0 Å². The third-order valence-electron chi connectivity index (χ3n) is 7.91. The van der Waals surface area contributed by atoms with Crippen LogP contribution in [0.5, 0.6) is 0 Å². The molecule has 0 fully saturated rings. The summed E-state index contributed by atoms with van der Waals surface area (Å²) in [5.41, 5.74) is 7.24. The Bertz CT molecular complexity index is 1500. The van der Waals surface area contributed by atoms with Gasteiger partial charge in [0.15, 0.2) is 0 Å². The highest BCUT2D eigenvalue weighted by atomic mass is 19.4. The molecule has 1 atom stereocenters. The molecule has 0 saturated carbocycles. The molecule has 0 bridgehead atoms. The zero-order chi connectivity index (χ0) is 29.9. The fourth-order valence-corrected chi connectivity index (χ4v) is 5.27. The minimum Gasteiger partial charge on any atom is -0.481 e. The van der Waals surface area contributed by atoms with Crippen LogP contribution in [-0.2, 0) is 36.0 Å². The molecule has 0 radical (unpaired) electrons. The topological polar surface area (TPSA) is 53.7 Å². The third kappa shape index (κ3) is 6.91. The van der Waals surface area contributed by atoms with Crippen LogP contribution in [0, 0.1) is 20.8 Å². The van der Waals surface area contributed by atoms with Crippen molar-refractivity contribution in [1.29, 1.82) is 0 Å². The highest BCUT2D eigenvalue weighted by Gasteiger charge is 2.35. The molecule has 1 heterocycles. The Morgan fingerprint density at radius 3 is 2.07 bits per heavy atom. The number of benzene rings is 3. The number of nitrogens with zero attached hydrogens (tertiary/aromatic N) is 1. The summed E-state index contributed by atoms with van der Waals surface area (Å²) in [4.78, 5) is 14.0. The maximum Gasteiger partial charge on any atom is 0.449 e. The van der Waals surface area contributed by atoms with Crippen molar-refractivity contribution in [1.82, 2.24) is 4.90 Å².